The van der Waals surface area contributed by atoms with Gasteiger partial charge in [-0.1, -0.05) is 0 Å². The number of anilines is 1. The van der Waals surface area contributed by atoms with Gasteiger partial charge in [-0.2, -0.15) is 0 Å². The summed E-state index contributed by atoms with van der Waals surface area (Å²) in [5.41, 5.74) is 6.49. The molecule has 20 heavy (non-hydrogen) atoms. The van der Waals surface area contributed by atoms with Gasteiger partial charge in [0.15, 0.2) is 0 Å². The van der Waals surface area contributed by atoms with Crippen molar-refractivity contribution < 1.29 is 4.79 Å². The summed E-state index contributed by atoms with van der Waals surface area (Å²) >= 11 is 0. The van der Waals surface area contributed by atoms with E-state index >= 15 is 0 Å². The Morgan fingerprint density at radius 3 is 2.65 bits per heavy atom. The normalized spacial score (nSPS) is 19.4. The molecule has 110 valence electrons. The second-order valence-electron chi connectivity index (χ2n) is 6.25. The van der Waals surface area contributed by atoms with E-state index in [0.29, 0.717) is 5.95 Å². The summed E-state index contributed by atoms with van der Waals surface area (Å²) in [6, 6.07) is -0.270. The predicted octanol–water partition coefficient (Wildman–Crippen LogP) is 0.819. The third-order valence-electron chi connectivity index (χ3n) is 3.35. The van der Waals surface area contributed by atoms with Gasteiger partial charge in [0.25, 0.3) is 0 Å². The molecule has 1 aromatic rings. The number of hydrogen-bond acceptors (Lipinski definition) is 5. The van der Waals surface area contributed by atoms with Crippen LogP contribution < -0.4 is 16.0 Å². The van der Waals surface area contributed by atoms with Crippen LogP contribution in [-0.2, 0) is 11.3 Å². The first-order valence-electron chi connectivity index (χ1n) is 6.99. The predicted molar refractivity (Wildman–Crippen MR) is 78.2 cm³/mol. The van der Waals surface area contributed by atoms with E-state index in [9.17, 15) is 4.79 Å². The van der Waals surface area contributed by atoms with Crippen molar-refractivity contribution in [2.75, 3.05) is 11.4 Å². The van der Waals surface area contributed by atoms with Crippen LogP contribution in [0.2, 0.25) is 0 Å². The van der Waals surface area contributed by atoms with Crippen molar-refractivity contribution in [3.8, 4) is 0 Å². The quantitative estimate of drug-likeness (QED) is 0.851. The first-order valence-corrected chi connectivity index (χ1v) is 6.99. The number of rotatable bonds is 4. The molecule has 0 bridgehead atoms. The van der Waals surface area contributed by atoms with Crippen LogP contribution in [0.15, 0.2) is 12.4 Å². The van der Waals surface area contributed by atoms with Gasteiger partial charge in [-0.05, 0) is 33.6 Å². The highest BCUT2D eigenvalue weighted by atomic mass is 16.1. The lowest BCUT2D eigenvalue weighted by Crippen LogP contribution is -2.41. The minimum Gasteiger partial charge on any atom is -0.368 e. The minimum atomic E-state index is -0.301. The highest BCUT2D eigenvalue weighted by Crippen LogP contribution is 2.21. The van der Waals surface area contributed by atoms with Crippen molar-refractivity contribution in [2.45, 2.75) is 51.7 Å². The molecule has 1 amide bonds. The molecule has 0 aliphatic carbocycles. The van der Waals surface area contributed by atoms with E-state index in [1.165, 1.54) is 0 Å². The van der Waals surface area contributed by atoms with E-state index in [-0.39, 0.29) is 17.5 Å². The summed E-state index contributed by atoms with van der Waals surface area (Å²) < 4.78 is 0. The van der Waals surface area contributed by atoms with Crippen LogP contribution in [0.4, 0.5) is 5.95 Å². The van der Waals surface area contributed by atoms with E-state index in [1.54, 1.807) is 12.4 Å². The molecule has 0 saturated carbocycles. The van der Waals surface area contributed by atoms with Gasteiger partial charge < -0.3 is 16.0 Å². The Morgan fingerprint density at radius 1 is 1.45 bits per heavy atom. The first kappa shape index (κ1) is 14.7. The fourth-order valence-corrected chi connectivity index (χ4v) is 2.26. The van der Waals surface area contributed by atoms with Gasteiger partial charge >= 0.3 is 0 Å². The molecule has 1 unspecified atom stereocenters. The number of nitrogens with two attached hydrogens (primary N) is 1. The van der Waals surface area contributed by atoms with Crippen LogP contribution in [0, 0.1) is 0 Å². The molecular formula is C14H23N5O. The zero-order valence-electron chi connectivity index (χ0n) is 12.4. The maximum atomic E-state index is 11.4. The largest absolute Gasteiger partial charge is 0.368 e. The zero-order valence-corrected chi connectivity index (χ0v) is 12.4. The van der Waals surface area contributed by atoms with Crippen LogP contribution >= 0.6 is 0 Å². The Hall–Kier alpha value is -1.69. The molecule has 2 rings (SSSR count). The van der Waals surface area contributed by atoms with Gasteiger partial charge in [-0.15, -0.1) is 0 Å². The Labute approximate surface area is 119 Å². The molecule has 0 radical (unpaired) electrons. The summed E-state index contributed by atoms with van der Waals surface area (Å²) in [4.78, 5) is 22.0. The zero-order chi connectivity index (χ0) is 14.8. The van der Waals surface area contributed by atoms with Gasteiger partial charge in [0, 0.05) is 36.6 Å². The van der Waals surface area contributed by atoms with Crippen molar-refractivity contribution in [1.82, 2.24) is 15.3 Å². The molecule has 2 heterocycles. The molecular weight excluding hydrogens is 254 g/mol. The maximum Gasteiger partial charge on any atom is 0.240 e. The molecule has 6 nitrogen and oxygen atoms in total. The second-order valence-corrected chi connectivity index (χ2v) is 6.25. The lowest BCUT2D eigenvalue weighted by molar-refractivity contribution is -0.119. The third-order valence-corrected chi connectivity index (χ3v) is 3.35. The SMILES string of the molecule is CC(C)(C)NCc1cnc(N2CCCC2C(N)=O)nc1. The molecule has 1 aliphatic heterocycles. The first-order chi connectivity index (χ1) is 9.37. The van der Waals surface area contributed by atoms with E-state index in [0.717, 1.165) is 31.5 Å². The van der Waals surface area contributed by atoms with E-state index < -0.39 is 0 Å². The average molecular weight is 277 g/mol. The number of amides is 1. The summed E-state index contributed by atoms with van der Waals surface area (Å²) in [6.45, 7) is 7.86. The van der Waals surface area contributed by atoms with Crippen molar-refractivity contribution in [3.05, 3.63) is 18.0 Å². The Balaban J connectivity index is 2.03. The average Bonchev–Trinajstić information content (AvgIpc) is 2.85. The van der Waals surface area contributed by atoms with Crippen LogP contribution in [0.5, 0.6) is 0 Å². The van der Waals surface area contributed by atoms with Crippen LogP contribution in [0.25, 0.3) is 0 Å². The van der Waals surface area contributed by atoms with Crippen LogP contribution in [0.3, 0.4) is 0 Å². The van der Waals surface area contributed by atoms with Gasteiger partial charge in [0.1, 0.15) is 6.04 Å². The van der Waals surface area contributed by atoms with Crippen LogP contribution in [-0.4, -0.2) is 34.0 Å². The molecule has 3 N–H and O–H groups in total. The summed E-state index contributed by atoms with van der Waals surface area (Å²) in [6.07, 6.45) is 5.34. The standard InChI is InChI=1S/C14H23N5O/c1-14(2,3)18-9-10-7-16-13(17-8-10)19-6-4-5-11(19)12(15)20/h7-8,11,18H,4-6,9H2,1-3H3,(H2,15,20). The molecule has 0 aromatic carbocycles. The van der Waals surface area contributed by atoms with Crippen molar-refractivity contribution >= 4 is 11.9 Å². The van der Waals surface area contributed by atoms with Crippen molar-refractivity contribution in [2.24, 2.45) is 5.73 Å². The van der Waals surface area contributed by atoms with Crippen LogP contribution in [0.1, 0.15) is 39.2 Å². The van der Waals surface area contributed by atoms with Gasteiger partial charge in [0.05, 0.1) is 0 Å². The van der Waals surface area contributed by atoms with E-state index in [2.05, 4.69) is 36.1 Å². The summed E-state index contributed by atoms with van der Waals surface area (Å²) in [5, 5.41) is 3.39. The molecule has 1 aromatic heterocycles. The highest BCUT2D eigenvalue weighted by molar-refractivity contribution is 5.83. The second kappa shape index (κ2) is 5.75. The van der Waals surface area contributed by atoms with Gasteiger partial charge in [-0.25, -0.2) is 9.97 Å². The fourth-order valence-electron chi connectivity index (χ4n) is 2.26. The topological polar surface area (TPSA) is 84.1 Å². The monoisotopic (exact) mass is 277 g/mol. The van der Waals surface area contributed by atoms with E-state index in [4.69, 9.17) is 5.73 Å². The summed E-state index contributed by atoms with van der Waals surface area (Å²) in [7, 11) is 0. The summed E-state index contributed by atoms with van der Waals surface area (Å²) in [5.74, 6) is 0.287. The molecule has 1 fully saturated rings. The molecule has 1 atom stereocenters. The van der Waals surface area contributed by atoms with Gasteiger partial charge in [-0.3, -0.25) is 4.79 Å². The Morgan fingerprint density at radius 2 is 2.10 bits per heavy atom. The molecule has 1 saturated heterocycles. The third kappa shape index (κ3) is 3.66. The molecule has 0 spiro atoms. The number of nitrogens with zero attached hydrogens (tertiary/aromatic N) is 3. The fraction of sp³-hybridized carbons (Fsp3) is 0.643. The Bertz CT molecular complexity index is 465. The molecule has 1 aliphatic rings. The minimum absolute atomic E-state index is 0.0602. The van der Waals surface area contributed by atoms with E-state index in [1.807, 2.05) is 4.90 Å². The molecule has 6 heteroatoms. The van der Waals surface area contributed by atoms with Crippen molar-refractivity contribution in [1.29, 1.82) is 0 Å². The highest BCUT2D eigenvalue weighted by Gasteiger charge is 2.30. The Kier molecular flexibility index (Phi) is 4.23. The number of carbonyl (C=O) groups is 1. The smallest absolute Gasteiger partial charge is 0.240 e. The lowest BCUT2D eigenvalue weighted by Gasteiger charge is -2.22. The lowest BCUT2D eigenvalue weighted by atomic mass is 10.1. The number of aromatic nitrogens is 2. The number of nitrogens with one attached hydrogen (secondary N) is 1. The maximum absolute atomic E-state index is 11.4. The number of hydrogen-bond donors (Lipinski definition) is 2. The van der Waals surface area contributed by atoms with Crippen molar-refractivity contribution in [3.63, 3.8) is 0 Å². The van der Waals surface area contributed by atoms with Gasteiger partial charge in [0.2, 0.25) is 11.9 Å². The number of primary amides is 1. The number of carbonyl (C=O) groups excluding carboxylic acids is 1.